The third-order valence-electron chi connectivity index (χ3n) is 8.82. The van der Waals surface area contributed by atoms with E-state index in [1.165, 1.54) is 0 Å². The largest absolute Gasteiger partial charge is 0.471 e. The average Bonchev–Trinajstić information content (AvgIpc) is 3.27. The van der Waals surface area contributed by atoms with Gasteiger partial charge >= 0.3 is 12.1 Å². The number of carbonyl (C=O) groups excluding carboxylic acids is 1. The maximum absolute atomic E-state index is 14.2. The first-order valence-electron chi connectivity index (χ1n) is 11.6. The Bertz CT molecular complexity index is 1120. The van der Waals surface area contributed by atoms with Crippen molar-refractivity contribution >= 4 is 27.5 Å². The van der Waals surface area contributed by atoms with Crippen LogP contribution >= 0.6 is 15.9 Å². The lowest BCUT2D eigenvalue weighted by molar-refractivity contribution is -0.211. The number of anilines is 1. The molecule has 1 aromatic heterocycles. The first-order valence-corrected chi connectivity index (χ1v) is 12.4. The molecule has 1 heterocycles. The SMILES string of the molecule is O=C(N(CC12CCC(c3noc(C(F)(F)F)n3)(CC1)CC2)c1cccc(Br)c1)C12CC(F)(C1)C2. The summed E-state index contributed by atoms with van der Waals surface area (Å²) in [6, 6.07) is 7.61. The number of alkyl halides is 4. The molecule has 1 amide bonds. The third-order valence-corrected chi connectivity index (χ3v) is 9.32. The van der Waals surface area contributed by atoms with Crippen molar-refractivity contribution in [3.8, 4) is 0 Å². The van der Waals surface area contributed by atoms with Crippen LogP contribution in [-0.2, 0) is 16.4 Å². The van der Waals surface area contributed by atoms with Gasteiger partial charge in [0.25, 0.3) is 0 Å². The zero-order valence-electron chi connectivity index (χ0n) is 18.4. The van der Waals surface area contributed by atoms with Gasteiger partial charge in [-0.25, -0.2) is 4.39 Å². The van der Waals surface area contributed by atoms with Gasteiger partial charge in [0.15, 0.2) is 5.82 Å². The summed E-state index contributed by atoms with van der Waals surface area (Å²) in [5.41, 5.74) is -1.59. The Morgan fingerprint density at radius 2 is 1.74 bits per heavy atom. The fourth-order valence-electron chi connectivity index (χ4n) is 6.83. The fraction of sp³-hybridized carbons (Fsp3) is 0.625. The van der Waals surface area contributed by atoms with Crippen molar-refractivity contribution in [3.05, 3.63) is 40.5 Å². The van der Waals surface area contributed by atoms with Crippen molar-refractivity contribution in [2.24, 2.45) is 10.8 Å². The van der Waals surface area contributed by atoms with Crippen molar-refractivity contribution in [1.82, 2.24) is 10.1 Å². The van der Waals surface area contributed by atoms with Crippen molar-refractivity contribution in [1.29, 1.82) is 0 Å². The molecule has 8 rings (SSSR count). The summed E-state index contributed by atoms with van der Waals surface area (Å²) in [6.07, 6.45) is 0.521. The summed E-state index contributed by atoms with van der Waals surface area (Å²) < 4.78 is 58.5. The zero-order valence-corrected chi connectivity index (χ0v) is 20.0. The predicted octanol–water partition coefficient (Wildman–Crippen LogP) is 6.37. The van der Waals surface area contributed by atoms with E-state index in [0.29, 0.717) is 45.1 Å². The molecule has 10 heteroatoms. The van der Waals surface area contributed by atoms with Crippen LogP contribution in [0.1, 0.15) is 69.5 Å². The van der Waals surface area contributed by atoms with E-state index < -0.39 is 28.6 Å². The third kappa shape index (κ3) is 3.34. The molecule has 0 spiro atoms. The molecule has 0 saturated heterocycles. The molecule has 0 N–H and O–H groups in total. The van der Waals surface area contributed by atoms with Gasteiger partial charge in [-0.3, -0.25) is 4.79 Å². The van der Waals surface area contributed by atoms with Gasteiger partial charge < -0.3 is 9.42 Å². The molecule has 0 atom stereocenters. The van der Waals surface area contributed by atoms with E-state index in [-0.39, 0.29) is 17.1 Å². The first-order chi connectivity index (χ1) is 16.0. The lowest BCUT2D eigenvalue weighted by Crippen LogP contribution is -2.71. The van der Waals surface area contributed by atoms with Crippen LogP contribution in [0.5, 0.6) is 0 Å². The van der Waals surface area contributed by atoms with Gasteiger partial charge in [-0.2, -0.15) is 18.2 Å². The second-order valence-corrected chi connectivity index (χ2v) is 11.9. The molecule has 0 radical (unpaired) electrons. The second-order valence-electron chi connectivity index (χ2n) is 11.0. The van der Waals surface area contributed by atoms with Crippen LogP contribution in [0.25, 0.3) is 0 Å². The number of benzene rings is 1. The number of rotatable bonds is 5. The van der Waals surface area contributed by atoms with E-state index in [1.54, 1.807) is 0 Å². The van der Waals surface area contributed by atoms with E-state index in [0.717, 1.165) is 29.4 Å². The number of fused-ring (bicyclic) bond motifs is 3. The molecule has 2 aromatic rings. The highest BCUT2D eigenvalue weighted by Gasteiger charge is 2.73. The molecule has 6 aliphatic rings. The fourth-order valence-corrected chi connectivity index (χ4v) is 7.21. The van der Waals surface area contributed by atoms with E-state index in [2.05, 4.69) is 30.6 Å². The summed E-state index contributed by atoms with van der Waals surface area (Å²) >= 11 is 3.49. The molecule has 0 aliphatic heterocycles. The molecule has 6 saturated carbocycles. The van der Waals surface area contributed by atoms with Gasteiger partial charge in [-0.15, -0.1) is 0 Å². The van der Waals surface area contributed by atoms with Gasteiger partial charge in [0.1, 0.15) is 5.67 Å². The van der Waals surface area contributed by atoms with Crippen molar-refractivity contribution in [3.63, 3.8) is 0 Å². The minimum absolute atomic E-state index is 0.00472. The quantitative estimate of drug-likeness (QED) is 0.413. The summed E-state index contributed by atoms with van der Waals surface area (Å²) in [6.45, 7) is 0.527. The number of carbonyl (C=O) groups is 1. The highest BCUT2D eigenvalue weighted by molar-refractivity contribution is 9.10. The molecule has 34 heavy (non-hydrogen) atoms. The number of aromatic nitrogens is 2. The number of nitrogens with zero attached hydrogens (tertiary/aromatic N) is 3. The van der Waals surface area contributed by atoms with E-state index >= 15 is 0 Å². The summed E-state index contributed by atoms with van der Waals surface area (Å²) in [7, 11) is 0. The average molecular weight is 542 g/mol. The number of hydrogen-bond acceptors (Lipinski definition) is 4. The lowest BCUT2D eigenvalue weighted by Gasteiger charge is -2.65. The molecule has 5 nitrogen and oxygen atoms in total. The van der Waals surface area contributed by atoms with Crippen molar-refractivity contribution in [2.45, 2.75) is 75.0 Å². The standard InChI is InChI=1S/C24H24BrF4N3O2/c25-15-2-1-3-16(10-15)32(19(33)22-11-23(26,12-22)13-22)14-20-4-7-21(8-5-20,9-6-20)17-30-18(34-31-17)24(27,28)29/h1-3,10H,4-9,11-14H2. The Morgan fingerprint density at radius 1 is 1.09 bits per heavy atom. The minimum atomic E-state index is -4.65. The van der Waals surface area contributed by atoms with E-state index in [4.69, 9.17) is 0 Å². The summed E-state index contributed by atoms with van der Waals surface area (Å²) in [4.78, 5) is 19.2. The molecule has 0 unspecified atom stereocenters. The summed E-state index contributed by atoms with van der Waals surface area (Å²) in [5, 5.41) is 3.69. The van der Waals surface area contributed by atoms with Crippen LogP contribution < -0.4 is 4.90 Å². The van der Waals surface area contributed by atoms with E-state index in [1.807, 2.05) is 29.2 Å². The molecule has 4 bridgehead atoms. The Kier molecular flexibility index (Phi) is 4.66. The predicted molar refractivity (Wildman–Crippen MR) is 118 cm³/mol. The number of hydrogen-bond donors (Lipinski definition) is 0. The van der Waals surface area contributed by atoms with Crippen LogP contribution in [0.3, 0.4) is 0 Å². The maximum Gasteiger partial charge on any atom is 0.471 e. The van der Waals surface area contributed by atoms with Gasteiger partial charge in [-0.1, -0.05) is 27.2 Å². The number of halogens is 5. The Balaban J connectivity index is 1.23. The van der Waals surface area contributed by atoms with Gasteiger partial charge in [0.05, 0.1) is 5.41 Å². The van der Waals surface area contributed by atoms with Gasteiger partial charge in [0.2, 0.25) is 5.91 Å². The molecular weight excluding hydrogens is 518 g/mol. The van der Waals surface area contributed by atoms with Crippen LogP contribution in [0.15, 0.2) is 33.3 Å². The molecule has 6 fully saturated rings. The highest BCUT2D eigenvalue weighted by Crippen LogP contribution is 2.70. The second kappa shape index (κ2) is 7.04. The topological polar surface area (TPSA) is 59.2 Å². The molecule has 1 aromatic carbocycles. The first kappa shape index (κ1) is 22.5. The Hall–Kier alpha value is -1.97. The zero-order chi connectivity index (χ0) is 24.0. The Morgan fingerprint density at radius 3 is 2.26 bits per heavy atom. The van der Waals surface area contributed by atoms with Crippen LogP contribution in [0.4, 0.5) is 23.2 Å². The molecule has 6 aliphatic carbocycles. The minimum Gasteiger partial charge on any atom is -0.329 e. The normalized spacial score (nSPS) is 36.0. The van der Waals surface area contributed by atoms with Crippen molar-refractivity contribution < 1.29 is 26.9 Å². The summed E-state index contributed by atoms with van der Waals surface area (Å²) in [5.74, 6) is -1.15. The highest BCUT2D eigenvalue weighted by atomic mass is 79.9. The molecular formula is C24H24BrF4N3O2. The van der Waals surface area contributed by atoms with Crippen LogP contribution in [0, 0.1) is 10.8 Å². The van der Waals surface area contributed by atoms with E-state index in [9.17, 15) is 22.4 Å². The number of amides is 1. The smallest absolute Gasteiger partial charge is 0.329 e. The maximum atomic E-state index is 14.2. The Labute approximate surface area is 202 Å². The van der Waals surface area contributed by atoms with Gasteiger partial charge in [-0.05, 0) is 81.4 Å². The van der Waals surface area contributed by atoms with Crippen LogP contribution in [-0.4, -0.2) is 28.3 Å². The van der Waals surface area contributed by atoms with Crippen LogP contribution in [0.2, 0.25) is 0 Å². The molecule has 182 valence electrons. The lowest BCUT2D eigenvalue weighted by atomic mass is 9.41. The van der Waals surface area contributed by atoms with Crippen molar-refractivity contribution in [2.75, 3.05) is 11.4 Å². The van der Waals surface area contributed by atoms with Gasteiger partial charge in [0, 0.05) is 22.1 Å². The monoisotopic (exact) mass is 541 g/mol.